The summed E-state index contributed by atoms with van der Waals surface area (Å²) in [4.78, 5) is 22.1. The normalized spacial score (nSPS) is 11.7. The van der Waals surface area contributed by atoms with Crippen LogP contribution >= 0.6 is 0 Å². The first-order valence-corrected chi connectivity index (χ1v) is 6.18. The lowest BCUT2D eigenvalue weighted by molar-refractivity contribution is -0.139. The molecule has 0 radical (unpaired) electrons. The highest BCUT2D eigenvalue weighted by molar-refractivity contribution is 5.82. The Bertz CT molecular complexity index is 308. The van der Waals surface area contributed by atoms with Crippen molar-refractivity contribution in [2.24, 2.45) is 5.92 Å². The zero-order valence-electron chi connectivity index (χ0n) is 11.0. The summed E-state index contributed by atoms with van der Waals surface area (Å²) in [6.45, 7) is 4.84. The van der Waals surface area contributed by atoms with Crippen LogP contribution < -0.4 is 10.6 Å². The molecule has 0 aliphatic carbocycles. The number of rotatable bonds is 8. The first kappa shape index (κ1) is 16.3. The topological polar surface area (TPSA) is 78.4 Å². The third kappa shape index (κ3) is 8.45. The summed E-state index contributed by atoms with van der Waals surface area (Å²) in [5.74, 6) is 1.76. The molecule has 0 spiro atoms. The highest BCUT2D eigenvalue weighted by Gasteiger charge is 2.18. The van der Waals surface area contributed by atoms with Crippen molar-refractivity contribution in [3.63, 3.8) is 0 Å². The lowest BCUT2D eigenvalue weighted by Crippen LogP contribution is -2.46. The van der Waals surface area contributed by atoms with E-state index in [0.29, 0.717) is 12.5 Å². The number of hydrogen-bond acceptors (Lipinski definition) is 2. The number of terminal acetylenes is 1. The van der Waals surface area contributed by atoms with Crippen molar-refractivity contribution in [2.45, 2.75) is 45.6 Å². The molecule has 0 aromatic heterocycles. The predicted molar refractivity (Wildman–Crippen MR) is 70.1 cm³/mol. The van der Waals surface area contributed by atoms with Gasteiger partial charge in [0.15, 0.2) is 0 Å². The second-order valence-corrected chi connectivity index (χ2v) is 4.59. The molecule has 5 nitrogen and oxygen atoms in total. The van der Waals surface area contributed by atoms with Gasteiger partial charge in [-0.15, -0.1) is 12.3 Å². The molecule has 18 heavy (non-hydrogen) atoms. The van der Waals surface area contributed by atoms with Gasteiger partial charge in [0.2, 0.25) is 0 Å². The van der Waals surface area contributed by atoms with Gasteiger partial charge in [0.1, 0.15) is 6.04 Å². The summed E-state index contributed by atoms with van der Waals surface area (Å²) in [5.41, 5.74) is 0. The van der Waals surface area contributed by atoms with Crippen LogP contribution in [0.2, 0.25) is 0 Å². The molecule has 0 bridgehead atoms. The quantitative estimate of drug-likeness (QED) is 0.454. The Morgan fingerprint density at radius 3 is 2.50 bits per heavy atom. The molecule has 102 valence electrons. The van der Waals surface area contributed by atoms with Crippen LogP contribution in [0.5, 0.6) is 0 Å². The van der Waals surface area contributed by atoms with E-state index in [2.05, 4.69) is 30.4 Å². The molecule has 0 aromatic carbocycles. The first-order valence-electron chi connectivity index (χ1n) is 6.18. The maximum Gasteiger partial charge on any atom is 0.327 e. The molecule has 0 rings (SSSR count). The van der Waals surface area contributed by atoms with E-state index in [9.17, 15) is 9.59 Å². The zero-order chi connectivity index (χ0) is 14.0. The second-order valence-electron chi connectivity index (χ2n) is 4.59. The number of urea groups is 1. The van der Waals surface area contributed by atoms with E-state index in [1.165, 1.54) is 0 Å². The lowest BCUT2D eigenvalue weighted by atomic mass is 10.1. The molecule has 0 heterocycles. The van der Waals surface area contributed by atoms with Crippen LogP contribution in [0.3, 0.4) is 0 Å². The standard InChI is InChI=1S/C13H22N2O3/c1-4-7-11(12(16)17)15-13(18)14-9-6-5-8-10(2)3/h1,10-11H,5-9H2,2-3H3,(H,16,17)(H2,14,15,18). The van der Waals surface area contributed by atoms with Crippen LogP contribution in [-0.2, 0) is 4.79 Å². The number of aliphatic carboxylic acids is 1. The molecule has 0 aromatic rings. The molecular weight excluding hydrogens is 232 g/mol. The van der Waals surface area contributed by atoms with Crippen LogP contribution in [0.4, 0.5) is 4.79 Å². The van der Waals surface area contributed by atoms with Crippen LogP contribution in [0, 0.1) is 18.3 Å². The second kappa shape index (κ2) is 9.34. The first-order chi connectivity index (χ1) is 8.47. The monoisotopic (exact) mass is 254 g/mol. The number of carboxylic acid groups (broad SMARTS) is 1. The molecular formula is C13H22N2O3. The fourth-order valence-corrected chi connectivity index (χ4v) is 1.41. The molecule has 0 aliphatic heterocycles. The van der Waals surface area contributed by atoms with Crippen molar-refractivity contribution in [2.75, 3.05) is 6.54 Å². The third-order valence-electron chi connectivity index (χ3n) is 2.42. The van der Waals surface area contributed by atoms with Gasteiger partial charge in [0, 0.05) is 13.0 Å². The Morgan fingerprint density at radius 1 is 1.33 bits per heavy atom. The van der Waals surface area contributed by atoms with Crippen LogP contribution in [0.1, 0.15) is 39.5 Å². The minimum Gasteiger partial charge on any atom is -0.480 e. The van der Waals surface area contributed by atoms with Gasteiger partial charge < -0.3 is 15.7 Å². The minimum atomic E-state index is -1.12. The smallest absolute Gasteiger partial charge is 0.327 e. The van der Waals surface area contributed by atoms with Gasteiger partial charge in [-0.05, 0) is 12.3 Å². The lowest BCUT2D eigenvalue weighted by Gasteiger charge is -2.12. The van der Waals surface area contributed by atoms with Gasteiger partial charge in [-0.2, -0.15) is 0 Å². The molecule has 0 saturated carbocycles. The molecule has 0 saturated heterocycles. The predicted octanol–water partition coefficient (Wildman–Crippen LogP) is 1.59. The minimum absolute atomic E-state index is 0.0178. The summed E-state index contributed by atoms with van der Waals surface area (Å²) in [6, 6.07) is -1.51. The van der Waals surface area contributed by atoms with Crippen molar-refractivity contribution in [3.8, 4) is 12.3 Å². The number of unbranched alkanes of at least 4 members (excludes halogenated alkanes) is 1. The number of carbonyl (C=O) groups excluding carboxylic acids is 1. The molecule has 1 unspecified atom stereocenters. The fourth-order valence-electron chi connectivity index (χ4n) is 1.41. The van der Waals surface area contributed by atoms with E-state index < -0.39 is 18.0 Å². The van der Waals surface area contributed by atoms with Crippen molar-refractivity contribution in [1.29, 1.82) is 0 Å². The van der Waals surface area contributed by atoms with Crippen LogP contribution in [-0.4, -0.2) is 29.7 Å². The average molecular weight is 254 g/mol. The summed E-state index contributed by atoms with van der Waals surface area (Å²) < 4.78 is 0. The number of carbonyl (C=O) groups is 2. The largest absolute Gasteiger partial charge is 0.480 e. The highest BCUT2D eigenvalue weighted by atomic mass is 16.4. The van der Waals surface area contributed by atoms with Gasteiger partial charge in [0.05, 0.1) is 0 Å². The van der Waals surface area contributed by atoms with Gasteiger partial charge in [0.25, 0.3) is 0 Å². The highest BCUT2D eigenvalue weighted by Crippen LogP contribution is 2.04. The molecule has 0 fully saturated rings. The van der Waals surface area contributed by atoms with Crippen molar-refractivity contribution in [3.05, 3.63) is 0 Å². The maximum atomic E-state index is 11.4. The number of amides is 2. The summed E-state index contributed by atoms with van der Waals surface area (Å²) >= 11 is 0. The van der Waals surface area contributed by atoms with Gasteiger partial charge in [-0.25, -0.2) is 9.59 Å². The third-order valence-corrected chi connectivity index (χ3v) is 2.42. The van der Waals surface area contributed by atoms with Gasteiger partial charge >= 0.3 is 12.0 Å². The Labute approximate surface area is 108 Å². The van der Waals surface area contributed by atoms with E-state index in [0.717, 1.165) is 19.3 Å². The Morgan fingerprint density at radius 2 is 2.00 bits per heavy atom. The number of nitrogens with one attached hydrogen (secondary N) is 2. The summed E-state index contributed by atoms with van der Waals surface area (Å²) in [5, 5.41) is 13.7. The maximum absolute atomic E-state index is 11.4. The Kier molecular flexibility index (Phi) is 8.46. The molecule has 0 aliphatic rings. The van der Waals surface area contributed by atoms with E-state index in [4.69, 9.17) is 11.5 Å². The van der Waals surface area contributed by atoms with Crippen molar-refractivity contribution < 1.29 is 14.7 Å². The van der Waals surface area contributed by atoms with E-state index >= 15 is 0 Å². The van der Waals surface area contributed by atoms with Crippen LogP contribution in [0.25, 0.3) is 0 Å². The van der Waals surface area contributed by atoms with Crippen LogP contribution in [0.15, 0.2) is 0 Å². The molecule has 2 amide bonds. The molecule has 3 N–H and O–H groups in total. The number of hydrogen-bond donors (Lipinski definition) is 3. The average Bonchev–Trinajstić information content (AvgIpc) is 2.27. The number of carboxylic acids is 1. The van der Waals surface area contributed by atoms with E-state index in [-0.39, 0.29) is 6.42 Å². The van der Waals surface area contributed by atoms with Crippen molar-refractivity contribution >= 4 is 12.0 Å². The molecule has 5 heteroatoms. The fraction of sp³-hybridized carbons (Fsp3) is 0.692. The van der Waals surface area contributed by atoms with Gasteiger partial charge in [-0.1, -0.05) is 26.7 Å². The SMILES string of the molecule is C#CCC(NC(=O)NCCCCC(C)C)C(=O)O. The van der Waals surface area contributed by atoms with Crippen molar-refractivity contribution in [1.82, 2.24) is 10.6 Å². The Hall–Kier alpha value is -1.70. The van der Waals surface area contributed by atoms with Gasteiger partial charge in [-0.3, -0.25) is 0 Å². The van der Waals surface area contributed by atoms with E-state index in [1.807, 2.05) is 0 Å². The Balaban J connectivity index is 3.76. The van der Waals surface area contributed by atoms with E-state index in [1.54, 1.807) is 0 Å². The summed E-state index contributed by atoms with van der Waals surface area (Å²) in [7, 11) is 0. The summed E-state index contributed by atoms with van der Waals surface area (Å²) in [6.07, 6.45) is 8.06. The molecule has 1 atom stereocenters. The zero-order valence-corrected chi connectivity index (χ0v) is 11.0.